The molecule has 0 radical (unpaired) electrons. The number of para-hydroxylation sites is 1. The van der Waals surface area contributed by atoms with Crippen LogP contribution in [0.4, 0.5) is 5.69 Å². The van der Waals surface area contributed by atoms with Crippen LogP contribution in [0.2, 0.25) is 0 Å². The largest absolute Gasteiger partial charge is 0.382 e. The van der Waals surface area contributed by atoms with E-state index in [2.05, 4.69) is 36.2 Å². The Morgan fingerprint density at radius 2 is 2.19 bits per heavy atom. The molecule has 3 nitrogen and oxygen atoms in total. The summed E-state index contributed by atoms with van der Waals surface area (Å²) < 4.78 is 0. The van der Waals surface area contributed by atoms with Gasteiger partial charge in [-0.15, -0.1) is 0 Å². The van der Waals surface area contributed by atoms with Gasteiger partial charge in [-0.3, -0.25) is 4.79 Å². The topological polar surface area (TPSA) is 32.3 Å². The van der Waals surface area contributed by atoms with Crippen molar-refractivity contribution in [3.8, 4) is 0 Å². The van der Waals surface area contributed by atoms with Crippen LogP contribution >= 0.6 is 0 Å². The SMILES string of the molecule is CCC1CCCN(C(=O)C2CC(C)Nc3ccccc32)C1. The van der Waals surface area contributed by atoms with Gasteiger partial charge in [0, 0.05) is 24.8 Å². The summed E-state index contributed by atoms with van der Waals surface area (Å²) in [4.78, 5) is 15.1. The summed E-state index contributed by atoms with van der Waals surface area (Å²) in [6.07, 6.45) is 4.53. The van der Waals surface area contributed by atoms with E-state index in [0.29, 0.717) is 17.9 Å². The fourth-order valence-corrected chi connectivity index (χ4v) is 3.79. The number of anilines is 1. The van der Waals surface area contributed by atoms with E-state index in [1.54, 1.807) is 0 Å². The Bertz CT molecular complexity index is 514. The summed E-state index contributed by atoms with van der Waals surface area (Å²) in [5.41, 5.74) is 2.32. The van der Waals surface area contributed by atoms with E-state index in [0.717, 1.165) is 31.6 Å². The molecule has 21 heavy (non-hydrogen) atoms. The highest BCUT2D eigenvalue weighted by atomic mass is 16.2. The molecule has 3 unspecified atom stereocenters. The molecule has 0 spiro atoms. The molecule has 2 aliphatic rings. The quantitative estimate of drug-likeness (QED) is 0.900. The molecule has 114 valence electrons. The highest BCUT2D eigenvalue weighted by Crippen LogP contribution is 2.36. The highest BCUT2D eigenvalue weighted by Gasteiger charge is 2.34. The lowest BCUT2D eigenvalue weighted by Crippen LogP contribution is -2.44. The van der Waals surface area contributed by atoms with Crippen molar-refractivity contribution >= 4 is 11.6 Å². The van der Waals surface area contributed by atoms with Crippen molar-refractivity contribution in [1.29, 1.82) is 0 Å². The van der Waals surface area contributed by atoms with E-state index < -0.39 is 0 Å². The van der Waals surface area contributed by atoms with Gasteiger partial charge in [-0.05, 0) is 43.7 Å². The van der Waals surface area contributed by atoms with E-state index in [9.17, 15) is 4.79 Å². The van der Waals surface area contributed by atoms with Gasteiger partial charge >= 0.3 is 0 Å². The Balaban J connectivity index is 1.81. The first-order valence-electron chi connectivity index (χ1n) is 8.33. The molecule has 2 aliphatic heterocycles. The van der Waals surface area contributed by atoms with Crippen LogP contribution in [-0.4, -0.2) is 29.9 Å². The number of piperidine rings is 1. The van der Waals surface area contributed by atoms with Gasteiger partial charge in [-0.25, -0.2) is 0 Å². The average Bonchev–Trinajstić information content (AvgIpc) is 2.53. The molecular formula is C18H26N2O. The van der Waals surface area contributed by atoms with Gasteiger partial charge in [0.1, 0.15) is 0 Å². The van der Waals surface area contributed by atoms with Gasteiger partial charge in [0.05, 0.1) is 5.92 Å². The Morgan fingerprint density at radius 1 is 1.38 bits per heavy atom. The number of nitrogens with zero attached hydrogens (tertiary/aromatic N) is 1. The van der Waals surface area contributed by atoms with Crippen LogP contribution in [0.1, 0.15) is 51.0 Å². The van der Waals surface area contributed by atoms with Crippen molar-refractivity contribution in [2.75, 3.05) is 18.4 Å². The van der Waals surface area contributed by atoms with Crippen molar-refractivity contribution < 1.29 is 4.79 Å². The van der Waals surface area contributed by atoms with Crippen LogP contribution in [0.25, 0.3) is 0 Å². The minimum Gasteiger partial charge on any atom is -0.382 e. The molecule has 1 saturated heterocycles. The summed E-state index contributed by atoms with van der Waals surface area (Å²) in [6, 6.07) is 8.65. The zero-order chi connectivity index (χ0) is 14.8. The summed E-state index contributed by atoms with van der Waals surface area (Å²) in [5, 5.41) is 3.50. The van der Waals surface area contributed by atoms with E-state index >= 15 is 0 Å². The summed E-state index contributed by atoms with van der Waals surface area (Å²) in [5.74, 6) is 1.07. The fourth-order valence-electron chi connectivity index (χ4n) is 3.79. The van der Waals surface area contributed by atoms with Crippen LogP contribution < -0.4 is 5.32 Å². The van der Waals surface area contributed by atoms with Crippen molar-refractivity contribution in [3.05, 3.63) is 29.8 Å². The maximum absolute atomic E-state index is 13.0. The molecule has 3 heteroatoms. The van der Waals surface area contributed by atoms with Gasteiger partial charge in [-0.1, -0.05) is 31.5 Å². The predicted molar refractivity (Wildman–Crippen MR) is 86.5 cm³/mol. The highest BCUT2D eigenvalue weighted by molar-refractivity contribution is 5.86. The molecule has 0 bridgehead atoms. The molecule has 0 aliphatic carbocycles. The second kappa shape index (κ2) is 6.08. The van der Waals surface area contributed by atoms with E-state index in [4.69, 9.17) is 0 Å². The Kier molecular flexibility index (Phi) is 4.18. The standard InChI is InChI=1S/C18H26N2O/c1-3-14-7-6-10-20(12-14)18(21)16-11-13(2)19-17-9-5-4-8-15(16)17/h4-5,8-9,13-14,16,19H,3,6-7,10-12H2,1-2H3. The molecule has 2 heterocycles. The molecule has 1 aromatic rings. The molecular weight excluding hydrogens is 260 g/mol. The Labute approximate surface area is 127 Å². The molecule has 1 N–H and O–H groups in total. The molecule has 1 aromatic carbocycles. The van der Waals surface area contributed by atoms with Crippen LogP contribution in [0.3, 0.4) is 0 Å². The van der Waals surface area contributed by atoms with Crippen LogP contribution in [0.15, 0.2) is 24.3 Å². The van der Waals surface area contributed by atoms with Crippen molar-refractivity contribution in [1.82, 2.24) is 4.90 Å². The minimum absolute atomic E-state index is 0.0352. The lowest BCUT2D eigenvalue weighted by atomic mass is 9.85. The number of fused-ring (bicyclic) bond motifs is 1. The summed E-state index contributed by atoms with van der Waals surface area (Å²) >= 11 is 0. The maximum Gasteiger partial charge on any atom is 0.230 e. The van der Waals surface area contributed by atoms with Gasteiger partial charge in [0.25, 0.3) is 0 Å². The zero-order valence-corrected chi connectivity index (χ0v) is 13.1. The molecule has 0 saturated carbocycles. The third-order valence-electron chi connectivity index (χ3n) is 5.03. The number of likely N-dealkylation sites (tertiary alicyclic amines) is 1. The fraction of sp³-hybridized carbons (Fsp3) is 0.611. The lowest BCUT2D eigenvalue weighted by Gasteiger charge is -2.37. The number of carbonyl (C=O) groups is 1. The van der Waals surface area contributed by atoms with Gasteiger partial charge in [0.15, 0.2) is 0 Å². The number of carbonyl (C=O) groups excluding carboxylic acids is 1. The first-order chi connectivity index (χ1) is 10.2. The molecule has 1 amide bonds. The third kappa shape index (κ3) is 2.92. The van der Waals surface area contributed by atoms with Crippen molar-refractivity contribution in [2.45, 2.75) is 51.5 Å². The van der Waals surface area contributed by atoms with Crippen LogP contribution in [0, 0.1) is 5.92 Å². The predicted octanol–water partition coefficient (Wildman–Crippen LogP) is 3.62. The van der Waals surface area contributed by atoms with E-state index in [1.165, 1.54) is 18.4 Å². The Morgan fingerprint density at radius 3 is 3.00 bits per heavy atom. The first-order valence-corrected chi connectivity index (χ1v) is 8.33. The van der Waals surface area contributed by atoms with Gasteiger partial charge in [0.2, 0.25) is 5.91 Å². The monoisotopic (exact) mass is 286 g/mol. The number of rotatable bonds is 2. The summed E-state index contributed by atoms with van der Waals surface area (Å²) in [6.45, 7) is 6.30. The first kappa shape index (κ1) is 14.4. The smallest absolute Gasteiger partial charge is 0.230 e. The van der Waals surface area contributed by atoms with Crippen LogP contribution in [-0.2, 0) is 4.79 Å². The molecule has 0 aromatic heterocycles. The number of hydrogen-bond acceptors (Lipinski definition) is 2. The van der Waals surface area contributed by atoms with Crippen molar-refractivity contribution in [2.24, 2.45) is 5.92 Å². The number of benzene rings is 1. The van der Waals surface area contributed by atoms with Gasteiger partial charge in [-0.2, -0.15) is 0 Å². The zero-order valence-electron chi connectivity index (χ0n) is 13.1. The lowest BCUT2D eigenvalue weighted by molar-refractivity contribution is -0.135. The number of amides is 1. The third-order valence-corrected chi connectivity index (χ3v) is 5.03. The van der Waals surface area contributed by atoms with Crippen LogP contribution in [0.5, 0.6) is 0 Å². The number of nitrogens with one attached hydrogen (secondary N) is 1. The summed E-state index contributed by atoms with van der Waals surface area (Å²) in [7, 11) is 0. The molecule has 3 atom stereocenters. The van der Waals surface area contributed by atoms with E-state index in [-0.39, 0.29) is 5.92 Å². The van der Waals surface area contributed by atoms with Gasteiger partial charge < -0.3 is 10.2 Å². The maximum atomic E-state index is 13.0. The van der Waals surface area contributed by atoms with Crippen molar-refractivity contribution in [3.63, 3.8) is 0 Å². The minimum atomic E-state index is 0.0352. The Hall–Kier alpha value is -1.51. The average molecular weight is 286 g/mol. The second-order valence-corrected chi connectivity index (χ2v) is 6.62. The molecule has 3 rings (SSSR count). The second-order valence-electron chi connectivity index (χ2n) is 6.62. The molecule has 1 fully saturated rings. The number of hydrogen-bond donors (Lipinski definition) is 1. The van der Waals surface area contributed by atoms with E-state index in [1.807, 2.05) is 12.1 Å². The normalized spacial score (nSPS) is 28.7.